The first kappa shape index (κ1) is 22.4. The normalized spacial score (nSPS) is 15.3. The van der Waals surface area contributed by atoms with E-state index in [1.165, 1.54) is 0 Å². The Morgan fingerprint density at radius 1 is 1.00 bits per heavy atom. The summed E-state index contributed by atoms with van der Waals surface area (Å²) in [5.74, 6) is -0.270. The molecule has 3 aromatic carbocycles. The van der Waals surface area contributed by atoms with Crippen LogP contribution in [0, 0.1) is 0 Å². The molecule has 1 atom stereocenters. The molecule has 0 aliphatic carbocycles. The van der Waals surface area contributed by atoms with Gasteiger partial charge in [-0.3, -0.25) is 9.79 Å². The Morgan fingerprint density at radius 2 is 1.83 bits per heavy atom. The van der Waals surface area contributed by atoms with Gasteiger partial charge in [-0.1, -0.05) is 66.7 Å². The molecule has 1 unspecified atom stereocenters. The maximum Gasteiger partial charge on any atom is 0.274 e. The molecular formula is C27H24N6O2. The van der Waals surface area contributed by atoms with Gasteiger partial charge in [-0.25, -0.2) is 0 Å². The van der Waals surface area contributed by atoms with Crippen LogP contribution in [0.1, 0.15) is 22.8 Å². The fourth-order valence-corrected chi connectivity index (χ4v) is 4.05. The minimum atomic E-state index is -0.758. The number of amides is 1. The van der Waals surface area contributed by atoms with Gasteiger partial charge in [0.25, 0.3) is 5.91 Å². The lowest BCUT2D eigenvalue weighted by Crippen LogP contribution is -2.26. The number of hydrogen-bond acceptors (Lipinski definition) is 7. The summed E-state index contributed by atoms with van der Waals surface area (Å²) in [5.41, 5.74) is 5.87. The number of para-hydroxylation sites is 1. The SMILES string of the molecule is O=C(Nc1cccc(C2=NN=NC2)c1)C1=NCC=C1CNc1ccccc1C(O)c1ccccc1. The zero-order valence-electron chi connectivity index (χ0n) is 18.9. The Kier molecular flexibility index (Phi) is 6.54. The van der Waals surface area contributed by atoms with Gasteiger partial charge in [0.15, 0.2) is 0 Å². The number of nitrogens with one attached hydrogen (secondary N) is 2. The molecule has 0 radical (unpaired) electrons. The minimum Gasteiger partial charge on any atom is -0.384 e. The van der Waals surface area contributed by atoms with E-state index in [1.54, 1.807) is 0 Å². The molecule has 1 amide bonds. The molecule has 2 aliphatic rings. The van der Waals surface area contributed by atoms with Crippen LogP contribution < -0.4 is 10.6 Å². The van der Waals surface area contributed by atoms with Crippen molar-refractivity contribution in [1.82, 2.24) is 0 Å². The molecule has 0 saturated heterocycles. The summed E-state index contributed by atoms with van der Waals surface area (Å²) in [7, 11) is 0. The first-order chi connectivity index (χ1) is 17.2. The van der Waals surface area contributed by atoms with Crippen molar-refractivity contribution >= 4 is 28.7 Å². The van der Waals surface area contributed by atoms with Gasteiger partial charge < -0.3 is 15.7 Å². The molecule has 3 N–H and O–H groups in total. The second-order valence-electron chi connectivity index (χ2n) is 8.14. The summed E-state index contributed by atoms with van der Waals surface area (Å²) in [4.78, 5) is 17.4. The second-order valence-corrected chi connectivity index (χ2v) is 8.14. The number of aliphatic imine (C=N–C) groups is 1. The molecule has 174 valence electrons. The van der Waals surface area contributed by atoms with E-state index in [9.17, 15) is 9.90 Å². The number of rotatable bonds is 8. The van der Waals surface area contributed by atoms with Crippen molar-refractivity contribution in [3.8, 4) is 0 Å². The van der Waals surface area contributed by atoms with Crippen molar-refractivity contribution in [1.29, 1.82) is 0 Å². The number of hydrogen-bond donors (Lipinski definition) is 3. The second kappa shape index (κ2) is 10.2. The van der Waals surface area contributed by atoms with Crippen LogP contribution in [0.3, 0.4) is 0 Å². The Morgan fingerprint density at radius 3 is 2.66 bits per heavy atom. The summed E-state index contributed by atoms with van der Waals surface area (Å²) >= 11 is 0. The topological polar surface area (TPSA) is 111 Å². The van der Waals surface area contributed by atoms with Crippen molar-refractivity contribution in [3.63, 3.8) is 0 Å². The summed E-state index contributed by atoms with van der Waals surface area (Å²) in [5, 5.41) is 28.8. The Hall–Kier alpha value is -4.43. The van der Waals surface area contributed by atoms with Gasteiger partial charge in [0, 0.05) is 29.0 Å². The van der Waals surface area contributed by atoms with Crippen molar-refractivity contribution in [2.45, 2.75) is 6.10 Å². The fourth-order valence-electron chi connectivity index (χ4n) is 4.05. The quantitative estimate of drug-likeness (QED) is 0.460. The zero-order chi connectivity index (χ0) is 24.0. The number of aliphatic hydroxyl groups excluding tert-OH is 1. The van der Waals surface area contributed by atoms with Gasteiger partial charge in [0.2, 0.25) is 0 Å². The van der Waals surface area contributed by atoms with Gasteiger partial charge >= 0.3 is 0 Å². The van der Waals surface area contributed by atoms with Crippen molar-refractivity contribution in [3.05, 3.63) is 107 Å². The van der Waals surface area contributed by atoms with Crippen LogP contribution in [-0.4, -0.2) is 42.1 Å². The summed E-state index contributed by atoms with van der Waals surface area (Å²) < 4.78 is 0. The maximum atomic E-state index is 13.0. The number of nitrogens with zero attached hydrogens (tertiary/aromatic N) is 4. The molecule has 0 saturated carbocycles. The molecule has 0 fully saturated rings. The van der Waals surface area contributed by atoms with Crippen molar-refractivity contribution in [2.24, 2.45) is 20.4 Å². The maximum absolute atomic E-state index is 13.0. The lowest BCUT2D eigenvalue weighted by molar-refractivity contribution is -0.110. The molecule has 0 spiro atoms. The average Bonchev–Trinajstić information content (AvgIpc) is 3.61. The summed E-state index contributed by atoms with van der Waals surface area (Å²) in [6.45, 7) is 1.29. The molecule has 2 heterocycles. The lowest BCUT2D eigenvalue weighted by atomic mass is 9.99. The first-order valence-electron chi connectivity index (χ1n) is 11.3. The Labute approximate surface area is 202 Å². The third-order valence-corrected chi connectivity index (χ3v) is 5.85. The van der Waals surface area contributed by atoms with Crippen LogP contribution in [0.2, 0.25) is 0 Å². The number of carbonyl (C=O) groups is 1. The monoisotopic (exact) mass is 464 g/mol. The van der Waals surface area contributed by atoms with Gasteiger partial charge in [-0.15, -0.1) is 5.10 Å². The summed E-state index contributed by atoms with van der Waals surface area (Å²) in [6.07, 6.45) is 1.18. The van der Waals surface area contributed by atoms with E-state index >= 15 is 0 Å². The van der Waals surface area contributed by atoms with E-state index in [0.29, 0.717) is 31.0 Å². The molecule has 8 heteroatoms. The van der Waals surface area contributed by atoms with Gasteiger partial charge in [-0.05, 0) is 34.6 Å². The van der Waals surface area contributed by atoms with E-state index in [2.05, 4.69) is 31.1 Å². The highest BCUT2D eigenvalue weighted by Gasteiger charge is 2.21. The molecule has 3 aromatic rings. The van der Waals surface area contributed by atoms with E-state index in [4.69, 9.17) is 0 Å². The highest BCUT2D eigenvalue weighted by atomic mass is 16.3. The summed E-state index contributed by atoms with van der Waals surface area (Å²) in [6, 6.07) is 24.6. The molecule has 0 aromatic heterocycles. The largest absolute Gasteiger partial charge is 0.384 e. The Bertz CT molecular complexity index is 1360. The van der Waals surface area contributed by atoms with Crippen LogP contribution in [0.4, 0.5) is 11.4 Å². The van der Waals surface area contributed by atoms with E-state index in [0.717, 1.165) is 33.7 Å². The number of aliphatic hydroxyl groups is 1. The van der Waals surface area contributed by atoms with E-state index < -0.39 is 6.10 Å². The van der Waals surface area contributed by atoms with Crippen LogP contribution >= 0.6 is 0 Å². The minimum absolute atomic E-state index is 0.270. The number of benzene rings is 3. The van der Waals surface area contributed by atoms with Crippen molar-refractivity contribution in [2.75, 3.05) is 30.3 Å². The van der Waals surface area contributed by atoms with E-state index in [1.807, 2.05) is 84.9 Å². The molecule has 5 rings (SSSR count). The third-order valence-electron chi connectivity index (χ3n) is 5.85. The molecular weight excluding hydrogens is 440 g/mol. The number of carbonyl (C=O) groups excluding carboxylic acids is 1. The van der Waals surface area contributed by atoms with Gasteiger partial charge in [0.1, 0.15) is 18.4 Å². The first-order valence-corrected chi connectivity index (χ1v) is 11.3. The van der Waals surface area contributed by atoms with Crippen LogP contribution in [-0.2, 0) is 4.79 Å². The molecule has 2 aliphatic heterocycles. The van der Waals surface area contributed by atoms with Crippen LogP contribution in [0.25, 0.3) is 0 Å². The van der Waals surface area contributed by atoms with Crippen LogP contribution in [0.15, 0.2) is 111 Å². The standard InChI is InChI=1S/C27H24N6O2/c34-26(18-7-2-1-3-8-18)22-11-4-5-12-23(22)29-16-20-13-14-28-25(20)27(35)31-21-10-6-9-19(15-21)24-17-30-33-32-24/h1-13,15,26,29,34H,14,16-17H2,(H,31,35). The molecule has 0 bridgehead atoms. The lowest BCUT2D eigenvalue weighted by Gasteiger charge is -2.18. The van der Waals surface area contributed by atoms with E-state index in [-0.39, 0.29) is 5.91 Å². The predicted octanol–water partition coefficient (Wildman–Crippen LogP) is 4.37. The van der Waals surface area contributed by atoms with Gasteiger partial charge in [-0.2, -0.15) is 5.11 Å². The average molecular weight is 465 g/mol. The fraction of sp³-hybridized carbons (Fsp3) is 0.148. The van der Waals surface area contributed by atoms with Crippen LogP contribution in [0.5, 0.6) is 0 Å². The third kappa shape index (κ3) is 5.07. The molecule has 8 nitrogen and oxygen atoms in total. The Balaban J connectivity index is 1.25. The smallest absolute Gasteiger partial charge is 0.274 e. The van der Waals surface area contributed by atoms with Crippen molar-refractivity contribution < 1.29 is 9.90 Å². The highest BCUT2D eigenvalue weighted by Crippen LogP contribution is 2.28. The predicted molar refractivity (Wildman–Crippen MR) is 137 cm³/mol. The van der Waals surface area contributed by atoms with Gasteiger partial charge in [0.05, 0.1) is 12.3 Å². The number of anilines is 2. The zero-order valence-corrected chi connectivity index (χ0v) is 18.9. The highest BCUT2D eigenvalue weighted by molar-refractivity contribution is 6.49. The molecule has 35 heavy (non-hydrogen) atoms.